The molecule has 188 valence electrons. The van der Waals surface area contributed by atoms with Crippen molar-refractivity contribution >= 4 is 5.69 Å². The number of nitrogens with one attached hydrogen (secondary N) is 1. The van der Waals surface area contributed by atoms with Crippen LogP contribution in [0.1, 0.15) is 97.5 Å². The second-order valence-corrected chi connectivity index (χ2v) is 13.2. The molecule has 3 aromatic rings. The molecule has 3 saturated carbocycles. The first kappa shape index (κ1) is 24.1. The van der Waals surface area contributed by atoms with Crippen molar-refractivity contribution in [3.05, 3.63) is 47.7 Å². The van der Waals surface area contributed by atoms with Crippen LogP contribution in [-0.2, 0) is 23.3 Å². The second kappa shape index (κ2) is 8.21. The van der Waals surface area contributed by atoms with E-state index in [1.807, 2.05) is 11.7 Å². The Morgan fingerprint density at radius 3 is 2.20 bits per heavy atom. The van der Waals surface area contributed by atoms with Gasteiger partial charge in [0.05, 0.1) is 5.69 Å². The number of fused-ring (bicyclic) bond motifs is 3. The first-order valence-corrected chi connectivity index (χ1v) is 13.1. The predicted octanol–water partition coefficient (Wildman–Crippen LogP) is 6.77. The lowest BCUT2D eigenvalue weighted by Crippen LogP contribution is -2.47. The van der Waals surface area contributed by atoms with Crippen LogP contribution >= 0.6 is 0 Å². The van der Waals surface area contributed by atoms with Gasteiger partial charge in [0.2, 0.25) is 5.89 Å². The molecule has 0 aliphatic heterocycles. The van der Waals surface area contributed by atoms with Gasteiger partial charge >= 0.3 is 0 Å². The van der Waals surface area contributed by atoms with E-state index in [0.29, 0.717) is 5.41 Å². The van der Waals surface area contributed by atoms with E-state index in [-0.39, 0.29) is 16.2 Å². The van der Waals surface area contributed by atoms with E-state index in [0.717, 1.165) is 48.8 Å². The minimum absolute atomic E-state index is 0.0714. The van der Waals surface area contributed by atoms with Gasteiger partial charge in [-0.3, -0.25) is 4.68 Å². The van der Waals surface area contributed by atoms with Crippen LogP contribution in [0.4, 0.5) is 5.69 Å². The topological polar surface area (TPSA) is 68.8 Å². The minimum atomic E-state index is -0.100. The van der Waals surface area contributed by atoms with Gasteiger partial charge in [0, 0.05) is 46.8 Å². The normalized spacial score (nSPS) is 24.7. The van der Waals surface area contributed by atoms with E-state index in [9.17, 15) is 0 Å². The Morgan fingerprint density at radius 1 is 0.943 bits per heavy atom. The fourth-order valence-corrected chi connectivity index (χ4v) is 6.00. The van der Waals surface area contributed by atoms with Crippen LogP contribution < -0.4 is 5.32 Å². The lowest BCUT2D eigenvalue weighted by Gasteiger charge is -2.52. The zero-order chi connectivity index (χ0) is 25.1. The zero-order valence-corrected chi connectivity index (χ0v) is 22.5. The van der Waals surface area contributed by atoms with Crippen LogP contribution in [0.5, 0.6) is 0 Å². The first-order chi connectivity index (χ1) is 16.4. The summed E-state index contributed by atoms with van der Waals surface area (Å²) in [6.45, 7) is 14.1. The molecule has 35 heavy (non-hydrogen) atoms. The fourth-order valence-electron chi connectivity index (χ4n) is 6.00. The third-order valence-corrected chi connectivity index (χ3v) is 8.42. The highest BCUT2D eigenvalue weighted by Crippen LogP contribution is 2.57. The zero-order valence-electron chi connectivity index (χ0n) is 22.5. The number of hydrogen-bond donors (Lipinski definition) is 1. The molecule has 2 aromatic heterocycles. The highest BCUT2D eigenvalue weighted by molar-refractivity contribution is 5.65. The molecule has 3 aliphatic carbocycles. The fraction of sp³-hybridized carbons (Fsp3) is 0.621. The van der Waals surface area contributed by atoms with Crippen molar-refractivity contribution in [3.63, 3.8) is 0 Å². The van der Waals surface area contributed by atoms with E-state index in [4.69, 9.17) is 14.6 Å². The highest BCUT2D eigenvalue weighted by atomic mass is 16.5. The predicted molar refractivity (Wildman–Crippen MR) is 141 cm³/mol. The number of rotatable bonds is 5. The smallest absolute Gasteiger partial charge is 0.232 e. The van der Waals surface area contributed by atoms with Crippen LogP contribution in [0.15, 0.2) is 34.9 Å². The minimum Gasteiger partial charge on any atom is -0.384 e. The van der Waals surface area contributed by atoms with Gasteiger partial charge in [0.1, 0.15) is 0 Å². The van der Waals surface area contributed by atoms with Gasteiger partial charge in [-0.15, -0.1) is 0 Å². The Hall–Kier alpha value is -2.63. The van der Waals surface area contributed by atoms with Crippen molar-refractivity contribution in [1.29, 1.82) is 0 Å². The Morgan fingerprint density at radius 2 is 1.63 bits per heavy atom. The number of aryl methyl sites for hydroxylation is 1. The SMILES string of the molecule is Cn1nc(-c2cccc(NCC34CCC(c5noc(C(C)(C)C)n5)(CC3)CC4)c2)cc1C(C)(C)C. The number of anilines is 1. The monoisotopic (exact) mass is 475 g/mol. The standard InChI is InChI=1S/C29H41N5O/c1-26(2,3)23-18-22(32-34(23)7)20-9-8-10-21(17-20)30-19-28-11-14-29(15-12-28,16-13-28)24-31-25(35-33-24)27(4,5)6/h8-10,17-18,30H,11-16,19H2,1-7H3. The van der Waals surface area contributed by atoms with E-state index in [1.54, 1.807) is 0 Å². The lowest BCUT2D eigenvalue weighted by atomic mass is 9.53. The van der Waals surface area contributed by atoms with Gasteiger partial charge < -0.3 is 9.84 Å². The summed E-state index contributed by atoms with van der Waals surface area (Å²) in [6.07, 6.45) is 7.11. The molecule has 0 atom stereocenters. The molecule has 3 aliphatic rings. The van der Waals surface area contributed by atoms with Crippen LogP contribution in [0, 0.1) is 5.41 Å². The molecule has 1 N–H and O–H groups in total. The van der Waals surface area contributed by atoms with Crippen molar-refractivity contribution in [2.75, 3.05) is 11.9 Å². The van der Waals surface area contributed by atoms with Gasteiger partial charge in [-0.25, -0.2) is 0 Å². The molecule has 6 rings (SSSR count). The van der Waals surface area contributed by atoms with Crippen LogP contribution in [0.25, 0.3) is 11.3 Å². The van der Waals surface area contributed by atoms with E-state index < -0.39 is 0 Å². The van der Waals surface area contributed by atoms with Crippen LogP contribution in [0.2, 0.25) is 0 Å². The summed E-state index contributed by atoms with van der Waals surface area (Å²) < 4.78 is 7.66. The second-order valence-electron chi connectivity index (χ2n) is 13.2. The summed E-state index contributed by atoms with van der Waals surface area (Å²) in [7, 11) is 2.04. The quantitative estimate of drug-likeness (QED) is 0.441. The molecule has 2 heterocycles. The van der Waals surface area contributed by atoms with Gasteiger partial charge in [-0.2, -0.15) is 10.1 Å². The average molecular weight is 476 g/mol. The third kappa shape index (κ3) is 4.52. The Labute approximate surface area is 209 Å². The van der Waals surface area contributed by atoms with Crippen molar-refractivity contribution in [1.82, 2.24) is 19.9 Å². The molecule has 6 nitrogen and oxygen atoms in total. The number of hydrogen-bond acceptors (Lipinski definition) is 5. The van der Waals surface area contributed by atoms with Crippen molar-refractivity contribution in [3.8, 4) is 11.3 Å². The van der Waals surface area contributed by atoms with Gasteiger partial charge in [-0.05, 0) is 62.1 Å². The van der Waals surface area contributed by atoms with E-state index in [1.165, 1.54) is 30.6 Å². The summed E-state index contributed by atoms with van der Waals surface area (Å²) in [5, 5.41) is 13.0. The third-order valence-electron chi connectivity index (χ3n) is 8.42. The maximum atomic E-state index is 5.65. The number of aromatic nitrogens is 4. The molecule has 0 saturated heterocycles. The summed E-state index contributed by atoms with van der Waals surface area (Å²) in [4.78, 5) is 4.85. The van der Waals surface area contributed by atoms with Crippen LogP contribution in [-0.4, -0.2) is 26.5 Å². The Balaban J connectivity index is 1.25. The largest absolute Gasteiger partial charge is 0.384 e. The first-order valence-electron chi connectivity index (χ1n) is 13.1. The molecule has 0 spiro atoms. The molecular formula is C29H41N5O. The highest BCUT2D eigenvalue weighted by Gasteiger charge is 2.51. The molecule has 0 radical (unpaired) electrons. The lowest BCUT2D eigenvalue weighted by molar-refractivity contribution is 0.0445. The van der Waals surface area contributed by atoms with Gasteiger partial charge in [0.25, 0.3) is 0 Å². The van der Waals surface area contributed by atoms with E-state index in [2.05, 4.69) is 82.3 Å². The summed E-state index contributed by atoms with van der Waals surface area (Å²) in [6, 6.07) is 10.9. The maximum Gasteiger partial charge on any atom is 0.232 e. The molecule has 0 amide bonds. The van der Waals surface area contributed by atoms with Gasteiger partial charge in [0.15, 0.2) is 5.82 Å². The molecule has 0 unspecified atom stereocenters. The average Bonchev–Trinajstić information content (AvgIpc) is 3.47. The summed E-state index contributed by atoms with van der Waals surface area (Å²) in [5.41, 5.74) is 5.06. The van der Waals surface area contributed by atoms with Crippen molar-refractivity contribution in [2.45, 2.75) is 96.3 Å². The Bertz CT molecular complexity index is 1180. The molecular weight excluding hydrogens is 434 g/mol. The number of nitrogens with zero attached hydrogens (tertiary/aromatic N) is 4. The summed E-state index contributed by atoms with van der Waals surface area (Å²) >= 11 is 0. The van der Waals surface area contributed by atoms with Crippen molar-refractivity contribution in [2.24, 2.45) is 12.5 Å². The molecule has 3 fully saturated rings. The van der Waals surface area contributed by atoms with Crippen molar-refractivity contribution < 1.29 is 4.52 Å². The molecule has 6 heteroatoms. The summed E-state index contributed by atoms with van der Waals surface area (Å²) in [5.74, 6) is 1.70. The Kier molecular flexibility index (Phi) is 5.65. The van der Waals surface area contributed by atoms with Gasteiger partial charge in [-0.1, -0.05) is 58.8 Å². The molecule has 2 bridgehead atoms. The molecule has 1 aromatic carbocycles. The van der Waals surface area contributed by atoms with E-state index >= 15 is 0 Å². The van der Waals surface area contributed by atoms with Crippen LogP contribution in [0.3, 0.4) is 0 Å². The number of benzene rings is 1. The maximum absolute atomic E-state index is 5.65.